The number of nitriles is 1. The molecule has 0 saturated carbocycles. The van der Waals surface area contributed by atoms with Crippen LogP contribution in [0.4, 0.5) is 17.3 Å². The van der Waals surface area contributed by atoms with Crippen molar-refractivity contribution < 1.29 is 4.74 Å². The van der Waals surface area contributed by atoms with Gasteiger partial charge in [-0.15, -0.1) is 10.2 Å². The predicted molar refractivity (Wildman–Crippen MR) is 121 cm³/mol. The summed E-state index contributed by atoms with van der Waals surface area (Å²) in [6.45, 7) is 3.99. The van der Waals surface area contributed by atoms with Crippen LogP contribution in [-0.2, 0) is 7.05 Å². The largest absolute Gasteiger partial charge is 0.482 e. The minimum absolute atomic E-state index is 0.167. The monoisotopic (exact) mass is 424 g/mol. The number of hydrogen-bond acceptors (Lipinski definition) is 8. The molecular weight excluding hydrogens is 404 g/mol. The minimum Gasteiger partial charge on any atom is -0.482 e. The van der Waals surface area contributed by atoms with Gasteiger partial charge in [0.05, 0.1) is 11.3 Å². The fourth-order valence-electron chi connectivity index (χ4n) is 3.86. The highest BCUT2D eigenvalue weighted by Crippen LogP contribution is 2.38. The quantitative estimate of drug-likeness (QED) is 0.584. The summed E-state index contributed by atoms with van der Waals surface area (Å²) in [4.78, 5) is 6.80. The van der Waals surface area contributed by atoms with Crippen molar-refractivity contribution in [1.29, 1.82) is 5.26 Å². The Morgan fingerprint density at radius 3 is 2.84 bits per heavy atom. The van der Waals surface area contributed by atoms with E-state index < -0.39 is 0 Å². The van der Waals surface area contributed by atoms with Crippen molar-refractivity contribution in [3.05, 3.63) is 65.5 Å². The number of anilines is 2. The Morgan fingerprint density at radius 2 is 2.03 bits per heavy atom. The summed E-state index contributed by atoms with van der Waals surface area (Å²) in [5.41, 5.74) is 10.3. The van der Waals surface area contributed by atoms with Crippen LogP contribution in [0.3, 0.4) is 0 Å². The van der Waals surface area contributed by atoms with E-state index in [0.29, 0.717) is 34.4 Å². The first kappa shape index (κ1) is 19.5. The standard InChI is InChI=1S/C23H20N8O/c1-13-7-8-17-15(10-13)14(2)32-19-11-16(27-28-22(19)25)21-18(12-24)30(3)29-23(21)26-20-6-4-5-9-31(17)20/h4-11,14H,1-3H3,(H2,25,28)/t14-/m1/s1. The van der Waals surface area contributed by atoms with E-state index in [-0.39, 0.29) is 11.9 Å². The Hall–Kier alpha value is -4.45. The molecule has 1 aromatic carbocycles. The number of amidine groups is 1. The van der Waals surface area contributed by atoms with Crippen molar-refractivity contribution in [2.75, 3.05) is 10.6 Å². The molecule has 0 radical (unpaired) electrons. The van der Waals surface area contributed by atoms with Crippen molar-refractivity contribution >= 4 is 23.2 Å². The highest BCUT2D eigenvalue weighted by Gasteiger charge is 2.26. The summed E-state index contributed by atoms with van der Waals surface area (Å²) in [6, 6.07) is 10.0. The molecule has 9 nitrogen and oxygen atoms in total. The summed E-state index contributed by atoms with van der Waals surface area (Å²) < 4.78 is 7.75. The van der Waals surface area contributed by atoms with E-state index >= 15 is 0 Å². The molecule has 5 rings (SSSR count). The normalized spacial score (nSPS) is 16.5. The van der Waals surface area contributed by atoms with Gasteiger partial charge in [0.1, 0.15) is 29.4 Å². The van der Waals surface area contributed by atoms with Gasteiger partial charge in [-0.2, -0.15) is 10.4 Å². The Bertz CT molecular complexity index is 1380. The summed E-state index contributed by atoms with van der Waals surface area (Å²) >= 11 is 0. The third-order valence-electron chi connectivity index (χ3n) is 5.42. The maximum atomic E-state index is 9.77. The van der Waals surface area contributed by atoms with Crippen molar-refractivity contribution in [2.45, 2.75) is 20.0 Å². The first-order chi connectivity index (χ1) is 15.5. The molecule has 0 amide bonds. The average molecular weight is 424 g/mol. The first-order valence-electron chi connectivity index (χ1n) is 10.1. The van der Waals surface area contributed by atoms with Gasteiger partial charge in [-0.1, -0.05) is 23.8 Å². The SMILES string of the molecule is Cc1ccc2c(c1)[C@@H](C)Oc1cc(nnc1N)-c1c(nn(C)c1C#N)N=C1C=CC=CN12. The number of allylic oxidation sites excluding steroid dienone is 2. The molecule has 1 atom stereocenters. The van der Waals surface area contributed by atoms with Crippen LogP contribution >= 0.6 is 0 Å². The summed E-state index contributed by atoms with van der Waals surface area (Å²) in [5, 5.41) is 22.5. The molecule has 2 aliphatic heterocycles. The Morgan fingerprint density at radius 1 is 1.19 bits per heavy atom. The van der Waals surface area contributed by atoms with E-state index in [0.717, 1.165) is 16.8 Å². The zero-order chi connectivity index (χ0) is 22.4. The van der Waals surface area contributed by atoms with Crippen molar-refractivity contribution in [1.82, 2.24) is 20.0 Å². The fraction of sp³-hybridized carbons (Fsp3) is 0.174. The number of nitrogens with zero attached hydrogens (tertiary/aromatic N) is 7. The molecule has 4 heterocycles. The second-order valence-corrected chi connectivity index (χ2v) is 7.62. The van der Waals surface area contributed by atoms with Crippen LogP contribution < -0.4 is 15.4 Å². The molecule has 0 aliphatic carbocycles. The number of rotatable bonds is 0. The van der Waals surface area contributed by atoms with Crippen molar-refractivity contribution in [3.8, 4) is 23.1 Å². The van der Waals surface area contributed by atoms with Gasteiger partial charge in [0.15, 0.2) is 17.4 Å². The van der Waals surface area contributed by atoms with Crippen LogP contribution in [0.25, 0.3) is 11.3 Å². The van der Waals surface area contributed by atoms with Crippen molar-refractivity contribution in [3.63, 3.8) is 0 Å². The van der Waals surface area contributed by atoms with Crippen molar-refractivity contribution in [2.24, 2.45) is 12.0 Å². The molecule has 0 spiro atoms. The van der Waals surface area contributed by atoms with Gasteiger partial charge in [-0.05, 0) is 32.1 Å². The summed E-state index contributed by atoms with van der Waals surface area (Å²) in [6.07, 6.45) is 7.34. The van der Waals surface area contributed by atoms with Gasteiger partial charge < -0.3 is 15.4 Å². The molecule has 0 unspecified atom stereocenters. The molecule has 2 N–H and O–H groups in total. The topological polar surface area (TPSA) is 118 Å². The van der Waals surface area contributed by atoms with Crippen LogP contribution in [0.1, 0.15) is 29.8 Å². The van der Waals surface area contributed by atoms with Crippen LogP contribution in [0.5, 0.6) is 5.75 Å². The lowest BCUT2D eigenvalue weighted by Crippen LogP contribution is -2.27. The smallest absolute Gasteiger partial charge is 0.188 e. The zero-order valence-corrected chi connectivity index (χ0v) is 17.8. The minimum atomic E-state index is -0.340. The molecule has 9 heteroatoms. The number of aryl methyl sites for hydroxylation is 2. The number of nitrogen functional groups attached to an aromatic ring is 1. The number of ether oxygens (including phenoxy) is 1. The predicted octanol–water partition coefficient (Wildman–Crippen LogP) is 3.71. The number of benzene rings is 1. The van der Waals surface area contributed by atoms with Crippen LogP contribution in [0.15, 0.2) is 53.7 Å². The molecule has 32 heavy (non-hydrogen) atoms. The lowest BCUT2D eigenvalue weighted by Gasteiger charge is -2.28. The summed E-state index contributed by atoms with van der Waals surface area (Å²) in [7, 11) is 1.69. The first-order valence-corrected chi connectivity index (χ1v) is 10.1. The van der Waals surface area contributed by atoms with Gasteiger partial charge in [0.2, 0.25) is 0 Å². The molecule has 158 valence electrons. The van der Waals surface area contributed by atoms with Crippen LogP contribution in [0.2, 0.25) is 0 Å². The zero-order valence-electron chi connectivity index (χ0n) is 17.8. The highest BCUT2D eigenvalue weighted by atomic mass is 16.5. The molecule has 2 aliphatic rings. The van der Waals surface area contributed by atoms with Gasteiger partial charge >= 0.3 is 0 Å². The number of aliphatic imine (C=N–C) groups is 1. The maximum Gasteiger partial charge on any atom is 0.188 e. The molecule has 3 aromatic rings. The summed E-state index contributed by atoms with van der Waals surface area (Å²) in [5.74, 6) is 1.56. The van der Waals surface area contributed by atoms with Gasteiger partial charge in [0, 0.05) is 24.9 Å². The molecule has 0 saturated heterocycles. The van der Waals surface area contributed by atoms with E-state index in [1.165, 1.54) is 4.68 Å². The Labute approximate surface area is 184 Å². The lowest BCUT2D eigenvalue weighted by atomic mass is 10.0. The number of nitrogens with two attached hydrogens (primary N) is 1. The van der Waals surface area contributed by atoms with E-state index in [1.54, 1.807) is 13.1 Å². The third-order valence-corrected chi connectivity index (χ3v) is 5.42. The maximum absolute atomic E-state index is 9.77. The van der Waals surface area contributed by atoms with Gasteiger partial charge in [0.25, 0.3) is 0 Å². The number of fused-ring (bicyclic) bond motifs is 7. The Balaban J connectivity index is 1.85. The fourth-order valence-corrected chi connectivity index (χ4v) is 3.86. The van der Waals surface area contributed by atoms with Gasteiger partial charge in [-0.25, -0.2) is 4.99 Å². The molecule has 0 fully saturated rings. The van der Waals surface area contributed by atoms with E-state index in [1.807, 2.05) is 55.3 Å². The highest BCUT2D eigenvalue weighted by molar-refractivity contribution is 6.10. The lowest BCUT2D eigenvalue weighted by molar-refractivity contribution is 0.228. The number of hydrogen-bond donors (Lipinski definition) is 1. The van der Waals surface area contributed by atoms with E-state index in [2.05, 4.69) is 27.4 Å². The molecule has 2 bridgehead atoms. The molecular formula is C23H20N8O. The van der Waals surface area contributed by atoms with E-state index in [9.17, 15) is 5.26 Å². The average Bonchev–Trinajstić information content (AvgIpc) is 3.09. The van der Waals surface area contributed by atoms with Crippen LogP contribution in [-0.4, -0.2) is 25.8 Å². The number of aromatic nitrogens is 4. The van der Waals surface area contributed by atoms with Crippen LogP contribution in [0, 0.1) is 18.3 Å². The third kappa shape index (κ3) is 3.09. The molecule has 2 aromatic heterocycles. The second-order valence-electron chi connectivity index (χ2n) is 7.62. The second kappa shape index (κ2) is 7.35. The van der Waals surface area contributed by atoms with Gasteiger partial charge in [-0.3, -0.25) is 4.68 Å². The Kier molecular flexibility index (Phi) is 4.48. The van der Waals surface area contributed by atoms with E-state index in [4.69, 9.17) is 15.5 Å².